The Labute approximate surface area is 188 Å². The molecule has 176 valence electrons. The molecule has 0 unspecified atom stereocenters. The summed E-state index contributed by atoms with van der Waals surface area (Å²) in [7, 11) is -4.89. The number of β-lactam (4-membered cyclic amide) rings is 1. The molecule has 1 aromatic rings. The number of fused-ring (bicyclic) bond motifs is 1. The lowest BCUT2D eigenvalue weighted by molar-refractivity contribution is -0.214. The first-order valence-corrected chi connectivity index (χ1v) is 11.4. The Morgan fingerprint density at radius 2 is 2.06 bits per heavy atom. The summed E-state index contributed by atoms with van der Waals surface area (Å²) in [6.07, 6.45) is 1.40. The van der Waals surface area contributed by atoms with Crippen LogP contribution in [0.3, 0.4) is 0 Å². The number of hydrogen-bond acceptors (Lipinski definition) is 11. The molecule has 1 aromatic heterocycles. The molecule has 15 nitrogen and oxygen atoms in total. The zero-order valence-electron chi connectivity index (χ0n) is 16.2. The number of aromatic nitrogens is 1. The molecule has 0 radical (unpaired) electrons. The number of amides is 2. The Balaban J connectivity index is 0.000000770. The number of aliphatic carboxylic acids is 1. The van der Waals surface area contributed by atoms with E-state index in [2.05, 4.69) is 22.0 Å². The number of rotatable bonds is 5. The molecule has 1 fully saturated rings. The maximum atomic E-state index is 12.4. The van der Waals surface area contributed by atoms with Crippen molar-refractivity contribution in [1.29, 1.82) is 0 Å². The number of oxime groups is 1. The van der Waals surface area contributed by atoms with Crippen LogP contribution in [-0.2, 0) is 18.9 Å². The summed E-state index contributed by atoms with van der Waals surface area (Å²) in [4.78, 5) is 64.1. The number of nitrogens with one attached hydrogen (secondary N) is 1. The molecule has 32 heavy (non-hydrogen) atoms. The molecule has 0 saturated carbocycles. The van der Waals surface area contributed by atoms with Crippen molar-refractivity contribution < 1.29 is 43.9 Å². The highest BCUT2D eigenvalue weighted by Crippen LogP contribution is 2.40. The molecule has 0 aliphatic carbocycles. The van der Waals surface area contributed by atoms with Crippen LogP contribution in [0.4, 0.5) is 5.13 Å². The van der Waals surface area contributed by atoms with Crippen LogP contribution in [0.2, 0.25) is 0 Å². The van der Waals surface area contributed by atoms with Crippen LogP contribution in [0, 0.1) is 0 Å². The van der Waals surface area contributed by atoms with E-state index in [0.29, 0.717) is 11.3 Å². The minimum Gasteiger partial charge on any atom is -0.756 e. The summed E-state index contributed by atoms with van der Waals surface area (Å²) < 4.78 is 8.77. The van der Waals surface area contributed by atoms with Crippen molar-refractivity contribution in [3.05, 3.63) is 35.0 Å². The number of carbonyl (C=O) groups is 3. The highest BCUT2D eigenvalue weighted by Gasteiger charge is 2.54. The van der Waals surface area contributed by atoms with Crippen molar-refractivity contribution in [2.45, 2.75) is 11.4 Å². The predicted molar refractivity (Wildman–Crippen MR) is 113 cm³/mol. The fourth-order valence-corrected chi connectivity index (χ4v) is 4.51. The number of nitrogens with zero attached hydrogens (tertiary/aromatic N) is 3. The molecule has 0 spiro atoms. The lowest BCUT2D eigenvalue weighted by Crippen LogP contribution is -2.71. The van der Waals surface area contributed by atoms with Crippen LogP contribution in [-0.4, -0.2) is 70.6 Å². The number of quaternary nitrogens is 1. The average Bonchev–Trinajstić information content (AvgIpc) is 3.09. The molecule has 18 heteroatoms. The summed E-state index contributed by atoms with van der Waals surface area (Å²) in [5.41, 5.74) is 5.49. The number of carboxylic acids is 1. The minimum atomic E-state index is -4.89. The lowest BCUT2D eigenvalue weighted by atomic mass is 10.0. The lowest BCUT2D eigenvalue weighted by Gasteiger charge is -2.49. The number of phosphoric acid groups is 1. The van der Waals surface area contributed by atoms with Gasteiger partial charge < -0.3 is 42.2 Å². The Bertz CT molecular complexity index is 1030. The molecule has 2 amide bonds. The Morgan fingerprint density at radius 1 is 1.47 bits per heavy atom. The average molecular weight is 510 g/mol. The number of thiazole rings is 1. The van der Waals surface area contributed by atoms with Crippen molar-refractivity contribution in [2.75, 3.05) is 11.5 Å². The Kier molecular flexibility index (Phi) is 9.10. The quantitative estimate of drug-likeness (QED) is 0.0795. The SMILES string of the molecule is C=CC1=C(C(=O)O)N2C(=O)[C@@H](NC(=O)/C(=N\O)c3csc(N)n3)[C@H]2SC1.O=P([O-])(O)O.[NH4+]. The summed E-state index contributed by atoms with van der Waals surface area (Å²) in [5, 5.41) is 24.9. The van der Waals surface area contributed by atoms with Crippen molar-refractivity contribution in [1.82, 2.24) is 21.4 Å². The Hall–Kier alpha value is -2.79. The van der Waals surface area contributed by atoms with Gasteiger partial charge in [-0.1, -0.05) is 17.8 Å². The molecule has 2 aliphatic rings. The van der Waals surface area contributed by atoms with Gasteiger partial charge in [0.25, 0.3) is 19.6 Å². The van der Waals surface area contributed by atoms with Crippen LogP contribution in [0.25, 0.3) is 0 Å². The van der Waals surface area contributed by atoms with Gasteiger partial charge in [0.1, 0.15) is 22.8 Å². The number of hydrogen-bond donors (Lipinski definition) is 7. The summed E-state index contributed by atoms with van der Waals surface area (Å²) in [6, 6.07) is -0.944. The standard InChI is InChI=1S/C14H13N5O5S2.H3N.H3O4P/c1-2-5-3-25-12-8(11(21)19(12)9(5)13(22)23)17-10(20)7(18-24)6-4-26-14(15)16-6;;1-5(2,3)4/h2,4,8,12,24H,1,3H2,(H2,15,16)(H,17,20)(H,22,23);1H3;(H3,1,2,3,4)/b18-7-;;/t8-,12-;;/m1../s1. The maximum absolute atomic E-state index is 12.4. The highest BCUT2D eigenvalue weighted by atomic mass is 32.2. The van der Waals surface area contributed by atoms with Crippen LogP contribution in [0.5, 0.6) is 0 Å². The second kappa shape index (κ2) is 10.7. The molecular formula is C14H19N6O9PS2. The summed E-state index contributed by atoms with van der Waals surface area (Å²) in [5.74, 6) is -2.27. The fraction of sp³-hybridized carbons (Fsp3) is 0.214. The fourth-order valence-electron chi connectivity index (χ4n) is 2.62. The zero-order chi connectivity index (χ0) is 23.5. The van der Waals surface area contributed by atoms with Crippen molar-refractivity contribution in [3.8, 4) is 0 Å². The van der Waals surface area contributed by atoms with Gasteiger partial charge in [0.2, 0.25) is 0 Å². The van der Waals surface area contributed by atoms with E-state index in [1.807, 2.05) is 0 Å². The second-order valence-electron chi connectivity index (χ2n) is 5.75. The van der Waals surface area contributed by atoms with Gasteiger partial charge in [0.05, 0.1) is 0 Å². The molecule has 0 aromatic carbocycles. The van der Waals surface area contributed by atoms with Crippen molar-refractivity contribution in [3.63, 3.8) is 0 Å². The van der Waals surface area contributed by atoms with Gasteiger partial charge in [0, 0.05) is 11.1 Å². The van der Waals surface area contributed by atoms with E-state index in [-0.39, 0.29) is 28.4 Å². The van der Waals surface area contributed by atoms with Gasteiger partial charge in [-0.15, -0.1) is 23.1 Å². The monoisotopic (exact) mass is 510 g/mol. The van der Waals surface area contributed by atoms with E-state index in [1.54, 1.807) is 0 Å². The Morgan fingerprint density at radius 3 is 2.50 bits per heavy atom. The van der Waals surface area contributed by atoms with Crippen LogP contribution in [0.15, 0.2) is 34.5 Å². The normalized spacial score (nSPS) is 20.2. The zero-order valence-corrected chi connectivity index (χ0v) is 18.8. The van der Waals surface area contributed by atoms with Crippen molar-refractivity contribution in [2.24, 2.45) is 5.16 Å². The van der Waals surface area contributed by atoms with Crippen LogP contribution >= 0.6 is 30.9 Å². The molecule has 11 N–H and O–H groups in total. The van der Waals surface area contributed by atoms with Crippen LogP contribution < -0.4 is 22.1 Å². The molecule has 1 saturated heterocycles. The number of nitrogen functional groups attached to an aromatic ring is 1. The number of carboxylic acid groups (broad SMARTS) is 1. The highest BCUT2D eigenvalue weighted by molar-refractivity contribution is 8.00. The van der Waals surface area contributed by atoms with E-state index in [0.717, 1.165) is 16.2 Å². The van der Waals surface area contributed by atoms with Crippen molar-refractivity contribution >= 4 is 59.5 Å². The first-order valence-electron chi connectivity index (χ1n) is 7.93. The van der Waals surface area contributed by atoms with E-state index in [1.165, 1.54) is 23.2 Å². The minimum absolute atomic E-state index is 0. The van der Waals surface area contributed by atoms with Gasteiger partial charge in [-0.25, -0.2) is 9.78 Å². The second-order valence-corrected chi connectivity index (χ2v) is 8.73. The van der Waals surface area contributed by atoms with E-state index in [4.69, 9.17) is 30.2 Å². The first kappa shape index (κ1) is 27.2. The molecule has 2 atom stereocenters. The van der Waals surface area contributed by atoms with E-state index in [9.17, 15) is 19.5 Å². The smallest absolute Gasteiger partial charge is 0.352 e. The summed E-state index contributed by atoms with van der Waals surface area (Å²) >= 11 is 2.37. The number of carbonyl (C=O) groups excluding carboxylic acids is 2. The molecule has 3 heterocycles. The van der Waals surface area contributed by atoms with Gasteiger partial charge in [0.15, 0.2) is 10.8 Å². The number of allylic oxidation sites excluding steroid dienone is 1. The van der Waals surface area contributed by atoms with Gasteiger partial charge in [-0.3, -0.25) is 19.1 Å². The summed E-state index contributed by atoms with van der Waals surface area (Å²) in [6.45, 7) is 3.56. The molecular weight excluding hydrogens is 491 g/mol. The van der Waals surface area contributed by atoms with E-state index < -0.39 is 37.0 Å². The third-order valence-corrected chi connectivity index (χ3v) is 5.79. The number of nitrogens with two attached hydrogens (primary N) is 1. The largest absolute Gasteiger partial charge is 0.756 e. The maximum Gasteiger partial charge on any atom is 0.352 e. The molecule has 0 bridgehead atoms. The molecule has 2 aliphatic heterocycles. The first-order chi connectivity index (χ1) is 14.4. The number of anilines is 1. The van der Waals surface area contributed by atoms with Gasteiger partial charge >= 0.3 is 5.97 Å². The third-order valence-electron chi connectivity index (χ3n) is 3.81. The number of thioether (sulfide) groups is 1. The topological polar surface area (TPSA) is 275 Å². The van der Waals surface area contributed by atoms with Gasteiger partial charge in [-0.2, -0.15) is 0 Å². The van der Waals surface area contributed by atoms with Gasteiger partial charge in [-0.05, 0) is 5.57 Å². The predicted octanol–water partition coefficient (Wildman–Crippen LogP) is -1.36. The van der Waals surface area contributed by atoms with Crippen LogP contribution in [0.1, 0.15) is 5.69 Å². The third kappa shape index (κ3) is 6.13. The molecule has 3 rings (SSSR count). The van der Waals surface area contributed by atoms with E-state index >= 15 is 0 Å².